The summed E-state index contributed by atoms with van der Waals surface area (Å²) >= 11 is 0. The van der Waals surface area contributed by atoms with Gasteiger partial charge in [-0.25, -0.2) is 0 Å². The van der Waals surface area contributed by atoms with E-state index < -0.39 is 11.4 Å². The number of hydrogen-bond donors (Lipinski definition) is 1. The summed E-state index contributed by atoms with van der Waals surface area (Å²) in [5, 5.41) is 13.0. The molecule has 2 heterocycles. The number of carbonyl (C=O) groups excluding carboxylic acids is 1. The molecule has 0 aliphatic carbocycles. The van der Waals surface area contributed by atoms with Crippen molar-refractivity contribution in [3.05, 3.63) is 18.0 Å². The zero-order valence-electron chi connectivity index (χ0n) is 9.88. The van der Waals surface area contributed by atoms with E-state index in [1.54, 1.807) is 31.1 Å². The lowest BCUT2D eigenvalue weighted by atomic mass is 9.90. The molecule has 0 unspecified atom stereocenters. The first-order valence-corrected chi connectivity index (χ1v) is 5.45. The molecule has 92 valence electrons. The number of nitrogens with zero attached hydrogens (tertiary/aromatic N) is 3. The van der Waals surface area contributed by atoms with Crippen molar-refractivity contribution in [3.8, 4) is 0 Å². The van der Waals surface area contributed by atoms with Crippen LogP contribution in [0.15, 0.2) is 12.3 Å². The molecule has 1 atom stereocenters. The molecule has 1 aliphatic heterocycles. The molecule has 1 fully saturated rings. The topological polar surface area (TPSA) is 75.4 Å². The molecule has 1 aromatic rings. The number of aliphatic carboxylic acids is 1. The fourth-order valence-corrected chi connectivity index (χ4v) is 2.05. The maximum atomic E-state index is 12.1. The predicted octanol–water partition coefficient (Wildman–Crippen LogP) is 0.357. The van der Waals surface area contributed by atoms with Crippen LogP contribution in [0, 0.1) is 5.41 Å². The molecule has 0 saturated carbocycles. The maximum absolute atomic E-state index is 12.1. The minimum absolute atomic E-state index is 0.157. The summed E-state index contributed by atoms with van der Waals surface area (Å²) in [6, 6.07) is 1.64. The predicted molar refractivity (Wildman–Crippen MR) is 59.5 cm³/mol. The van der Waals surface area contributed by atoms with E-state index in [1.807, 2.05) is 0 Å². The van der Waals surface area contributed by atoms with Crippen LogP contribution < -0.4 is 0 Å². The molecule has 2 rings (SSSR count). The molecule has 0 spiro atoms. The molecule has 6 nitrogen and oxygen atoms in total. The van der Waals surface area contributed by atoms with Gasteiger partial charge in [0, 0.05) is 26.3 Å². The number of rotatable bonds is 2. The average Bonchev–Trinajstić information content (AvgIpc) is 2.85. The standard InChI is InChI=1S/C11H15N3O3/c1-11(10(16)17)4-6-14(7-11)9(15)8-3-5-12-13(8)2/h3,5H,4,6-7H2,1-2H3,(H,16,17)/t11-/m0/s1. The molecule has 1 aromatic heterocycles. The molecule has 0 aromatic carbocycles. The van der Waals surface area contributed by atoms with Gasteiger partial charge in [0.1, 0.15) is 5.69 Å². The smallest absolute Gasteiger partial charge is 0.311 e. The fourth-order valence-electron chi connectivity index (χ4n) is 2.05. The lowest BCUT2D eigenvalue weighted by molar-refractivity contribution is -0.147. The maximum Gasteiger partial charge on any atom is 0.311 e. The molecule has 6 heteroatoms. The summed E-state index contributed by atoms with van der Waals surface area (Å²) in [4.78, 5) is 24.8. The van der Waals surface area contributed by atoms with Crippen LogP contribution in [0.1, 0.15) is 23.8 Å². The summed E-state index contributed by atoms with van der Waals surface area (Å²) < 4.78 is 1.50. The molecule has 1 aliphatic rings. The van der Waals surface area contributed by atoms with Crippen LogP contribution in [-0.4, -0.2) is 44.8 Å². The van der Waals surface area contributed by atoms with Gasteiger partial charge in [-0.1, -0.05) is 0 Å². The largest absolute Gasteiger partial charge is 0.481 e. The molecular formula is C11H15N3O3. The zero-order valence-corrected chi connectivity index (χ0v) is 9.88. The van der Waals surface area contributed by atoms with Gasteiger partial charge in [-0.2, -0.15) is 5.10 Å². The minimum atomic E-state index is -0.849. The van der Waals surface area contributed by atoms with Gasteiger partial charge in [0.2, 0.25) is 0 Å². The van der Waals surface area contributed by atoms with Crippen molar-refractivity contribution in [1.29, 1.82) is 0 Å². The Morgan fingerprint density at radius 1 is 1.53 bits per heavy atom. The van der Waals surface area contributed by atoms with Crippen LogP contribution >= 0.6 is 0 Å². The quantitative estimate of drug-likeness (QED) is 0.805. The lowest BCUT2D eigenvalue weighted by Crippen LogP contribution is -2.35. The molecule has 0 bridgehead atoms. The Bertz CT molecular complexity index is 468. The number of aryl methyl sites for hydroxylation is 1. The first-order valence-electron chi connectivity index (χ1n) is 5.45. The van der Waals surface area contributed by atoms with Crippen LogP contribution in [0.3, 0.4) is 0 Å². The van der Waals surface area contributed by atoms with Gasteiger partial charge < -0.3 is 10.0 Å². The molecular weight excluding hydrogens is 222 g/mol. The van der Waals surface area contributed by atoms with Gasteiger partial charge in [-0.3, -0.25) is 14.3 Å². The van der Waals surface area contributed by atoms with Crippen LogP contribution in [0.25, 0.3) is 0 Å². The normalized spacial score (nSPS) is 24.0. The summed E-state index contributed by atoms with van der Waals surface area (Å²) in [6.45, 7) is 2.41. The van der Waals surface area contributed by atoms with Gasteiger partial charge in [0.15, 0.2) is 0 Å². The van der Waals surface area contributed by atoms with E-state index in [-0.39, 0.29) is 12.5 Å². The van der Waals surface area contributed by atoms with Gasteiger partial charge in [-0.05, 0) is 19.4 Å². The van der Waals surface area contributed by atoms with Crippen molar-refractivity contribution in [2.24, 2.45) is 12.5 Å². The van der Waals surface area contributed by atoms with Gasteiger partial charge in [0.05, 0.1) is 5.41 Å². The molecule has 1 saturated heterocycles. The summed E-state index contributed by atoms with van der Waals surface area (Å²) in [7, 11) is 1.69. The van der Waals surface area contributed by atoms with Crippen molar-refractivity contribution < 1.29 is 14.7 Å². The third-order valence-corrected chi connectivity index (χ3v) is 3.32. The Hall–Kier alpha value is -1.85. The van der Waals surface area contributed by atoms with Crippen LogP contribution in [0.4, 0.5) is 0 Å². The fraction of sp³-hybridized carbons (Fsp3) is 0.545. The molecule has 1 amide bonds. The van der Waals surface area contributed by atoms with Gasteiger partial charge in [0.25, 0.3) is 5.91 Å². The lowest BCUT2D eigenvalue weighted by Gasteiger charge is -2.20. The van der Waals surface area contributed by atoms with Gasteiger partial charge >= 0.3 is 5.97 Å². The Morgan fingerprint density at radius 2 is 2.24 bits per heavy atom. The van der Waals surface area contributed by atoms with E-state index in [0.29, 0.717) is 18.7 Å². The van der Waals surface area contributed by atoms with Crippen molar-refractivity contribution in [1.82, 2.24) is 14.7 Å². The average molecular weight is 237 g/mol. The van der Waals surface area contributed by atoms with Crippen molar-refractivity contribution in [2.75, 3.05) is 13.1 Å². The first kappa shape index (κ1) is 11.6. The number of aromatic nitrogens is 2. The van der Waals surface area contributed by atoms with Crippen LogP contribution in [0.5, 0.6) is 0 Å². The third kappa shape index (κ3) is 1.90. The van der Waals surface area contributed by atoms with Gasteiger partial charge in [-0.15, -0.1) is 0 Å². The van der Waals surface area contributed by atoms with E-state index in [9.17, 15) is 9.59 Å². The van der Waals surface area contributed by atoms with E-state index in [0.717, 1.165) is 0 Å². The highest BCUT2D eigenvalue weighted by Crippen LogP contribution is 2.30. The summed E-state index contributed by atoms with van der Waals surface area (Å²) in [5.41, 5.74) is -0.339. The second-order valence-corrected chi connectivity index (χ2v) is 4.68. The van der Waals surface area contributed by atoms with Crippen LogP contribution in [-0.2, 0) is 11.8 Å². The number of hydrogen-bond acceptors (Lipinski definition) is 3. The monoisotopic (exact) mass is 237 g/mol. The third-order valence-electron chi connectivity index (χ3n) is 3.32. The number of carboxylic acid groups (broad SMARTS) is 1. The Balaban J connectivity index is 2.15. The van der Waals surface area contributed by atoms with E-state index >= 15 is 0 Å². The highest BCUT2D eigenvalue weighted by Gasteiger charge is 2.42. The van der Waals surface area contributed by atoms with E-state index in [4.69, 9.17) is 5.11 Å². The van der Waals surface area contributed by atoms with Crippen molar-refractivity contribution >= 4 is 11.9 Å². The molecule has 1 N–H and O–H groups in total. The minimum Gasteiger partial charge on any atom is -0.481 e. The SMILES string of the molecule is Cn1nccc1C(=O)N1CC[C@](C)(C(=O)O)C1. The number of carbonyl (C=O) groups is 2. The first-order chi connectivity index (χ1) is 7.94. The Labute approximate surface area is 98.8 Å². The van der Waals surface area contributed by atoms with E-state index in [2.05, 4.69) is 5.10 Å². The van der Waals surface area contributed by atoms with E-state index in [1.165, 1.54) is 4.68 Å². The Kier molecular flexibility index (Phi) is 2.65. The molecule has 17 heavy (non-hydrogen) atoms. The summed E-state index contributed by atoms with van der Waals surface area (Å²) in [6.07, 6.45) is 2.05. The Morgan fingerprint density at radius 3 is 2.71 bits per heavy atom. The second-order valence-electron chi connectivity index (χ2n) is 4.68. The highest BCUT2D eigenvalue weighted by atomic mass is 16.4. The highest BCUT2D eigenvalue weighted by molar-refractivity contribution is 5.93. The number of carboxylic acids is 1. The van der Waals surface area contributed by atoms with Crippen molar-refractivity contribution in [2.45, 2.75) is 13.3 Å². The molecule has 0 radical (unpaired) electrons. The summed E-state index contributed by atoms with van der Waals surface area (Å²) in [5.74, 6) is -1.01. The number of amides is 1. The zero-order chi connectivity index (χ0) is 12.6. The number of likely N-dealkylation sites (tertiary alicyclic amines) is 1. The second kappa shape index (κ2) is 3.87. The van der Waals surface area contributed by atoms with Crippen molar-refractivity contribution in [3.63, 3.8) is 0 Å². The van der Waals surface area contributed by atoms with Crippen LogP contribution in [0.2, 0.25) is 0 Å².